The van der Waals surface area contributed by atoms with Crippen LogP contribution in [0.4, 0.5) is 0 Å². The minimum atomic E-state index is -0.837. The Labute approximate surface area is 82.3 Å². The van der Waals surface area contributed by atoms with Crippen LogP contribution in [-0.2, 0) is 5.66 Å². The highest BCUT2D eigenvalue weighted by Gasteiger charge is 2.25. The van der Waals surface area contributed by atoms with Crippen LogP contribution in [0.2, 0.25) is 0 Å². The van der Waals surface area contributed by atoms with Gasteiger partial charge in [-0.15, -0.1) is 0 Å². The summed E-state index contributed by atoms with van der Waals surface area (Å²) in [5.41, 5.74) is 11.8. The van der Waals surface area contributed by atoms with Crippen LogP contribution in [0.5, 0.6) is 0 Å². The summed E-state index contributed by atoms with van der Waals surface area (Å²) in [6.07, 6.45) is 3.21. The van der Waals surface area contributed by atoms with Crippen LogP contribution >= 0.6 is 0 Å². The molecule has 4 heteroatoms. The van der Waals surface area contributed by atoms with Crippen molar-refractivity contribution in [2.45, 2.75) is 5.66 Å². The molecule has 1 heterocycles. The molecule has 2 rings (SSSR count). The third-order valence-corrected chi connectivity index (χ3v) is 2.12. The van der Waals surface area contributed by atoms with E-state index in [0.717, 1.165) is 5.56 Å². The molecule has 1 aromatic carbocycles. The van der Waals surface area contributed by atoms with Crippen molar-refractivity contribution in [1.82, 2.24) is 5.32 Å². The molecule has 4 nitrogen and oxygen atoms in total. The van der Waals surface area contributed by atoms with Gasteiger partial charge in [0, 0.05) is 6.08 Å². The Morgan fingerprint density at radius 1 is 1.21 bits per heavy atom. The van der Waals surface area contributed by atoms with Crippen LogP contribution in [0.15, 0.2) is 47.2 Å². The van der Waals surface area contributed by atoms with Gasteiger partial charge in [0.05, 0.1) is 6.34 Å². The quantitative estimate of drug-likeness (QED) is 0.590. The van der Waals surface area contributed by atoms with Gasteiger partial charge in [-0.05, 0) is 5.56 Å². The van der Waals surface area contributed by atoms with Crippen molar-refractivity contribution in [2.24, 2.45) is 16.5 Å². The van der Waals surface area contributed by atoms with Gasteiger partial charge >= 0.3 is 0 Å². The summed E-state index contributed by atoms with van der Waals surface area (Å²) < 4.78 is 0. The second kappa shape index (κ2) is 3.16. The molecule has 14 heavy (non-hydrogen) atoms. The molecule has 1 aliphatic heterocycles. The van der Waals surface area contributed by atoms with E-state index in [-0.39, 0.29) is 0 Å². The van der Waals surface area contributed by atoms with Crippen molar-refractivity contribution in [1.29, 1.82) is 0 Å². The van der Waals surface area contributed by atoms with Gasteiger partial charge < -0.3 is 11.1 Å². The van der Waals surface area contributed by atoms with Crippen LogP contribution in [-0.4, -0.2) is 6.34 Å². The van der Waals surface area contributed by atoms with E-state index in [0.29, 0.717) is 5.82 Å². The summed E-state index contributed by atoms with van der Waals surface area (Å²) in [4.78, 5) is 4.17. The maximum absolute atomic E-state index is 6.08. The fourth-order valence-corrected chi connectivity index (χ4v) is 1.39. The second-order valence-corrected chi connectivity index (χ2v) is 3.19. The molecule has 0 aliphatic carbocycles. The predicted molar refractivity (Wildman–Crippen MR) is 56.2 cm³/mol. The van der Waals surface area contributed by atoms with E-state index in [2.05, 4.69) is 10.3 Å². The Bertz CT molecular complexity index is 382. The summed E-state index contributed by atoms with van der Waals surface area (Å²) in [6.45, 7) is 0. The van der Waals surface area contributed by atoms with Crippen molar-refractivity contribution >= 4 is 6.34 Å². The third-order valence-electron chi connectivity index (χ3n) is 2.12. The van der Waals surface area contributed by atoms with E-state index >= 15 is 0 Å². The first-order valence-electron chi connectivity index (χ1n) is 4.34. The summed E-state index contributed by atoms with van der Waals surface area (Å²) in [6, 6.07) is 9.63. The number of hydrogen-bond acceptors (Lipinski definition) is 4. The molecular weight excluding hydrogens is 176 g/mol. The number of hydrogen-bond donors (Lipinski definition) is 3. The third kappa shape index (κ3) is 1.47. The minimum Gasteiger partial charge on any atom is -0.385 e. The Kier molecular flexibility index (Phi) is 1.98. The standard InChI is InChI=1S/C10H12N4/c11-9-6-10(12,14-7-13-9)8-4-2-1-3-5-8/h1-7H,11-12H2,(H,13,14). The van der Waals surface area contributed by atoms with E-state index in [1.165, 1.54) is 6.34 Å². The van der Waals surface area contributed by atoms with Crippen molar-refractivity contribution in [3.05, 3.63) is 47.8 Å². The first-order valence-corrected chi connectivity index (χ1v) is 4.34. The molecule has 1 unspecified atom stereocenters. The first-order chi connectivity index (χ1) is 6.71. The molecule has 1 aromatic rings. The van der Waals surface area contributed by atoms with Crippen molar-refractivity contribution in [2.75, 3.05) is 0 Å². The lowest BCUT2D eigenvalue weighted by Crippen LogP contribution is -2.39. The van der Waals surface area contributed by atoms with Gasteiger partial charge in [-0.2, -0.15) is 0 Å². The number of nitrogens with zero attached hydrogens (tertiary/aromatic N) is 1. The van der Waals surface area contributed by atoms with Crippen LogP contribution in [0.3, 0.4) is 0 Å². The molecule has 0 bridgehead atoms. The van der Waals surface area contributed by atoms with Crippen LogP contribution in [0, 0.1) is 0 Å². The lowest BCUT2D eigenvalue weighted by atomic mass is 10.00. The number of benzene rings is 1. The summed E-state index contributed by atoms with van der Waals surface area (Å²) in [7, 11) is 0. The Hall–Kier alpha value is -1.81. The van der Waals surface area contributed by atoms with E-state index in [9.17, 15) is 0 Å². The molecule has 0 amide bonds. The summed E-state index contributed by atoms with van der Waals surface area (Å²) in [5.74, 6) is 0.520. The molecule has 1 aliphatic rings. The molecular formula is C10H12N4. The van der Waals surface area contributed by atoms with Gasteiger partial charge in [0.25, 0.3) is 0 Å². The van der Waals surface area contributed by atoms with Gasteiger partial charge in [-0.25, -0.2) is 4.99 Å². The van der Waals surface area contributed by atoms with Gasteiger partial charge in [0.2, 0.25) is 0 Å². The average molecular weight is 188 g/mol. The average Bonchev–Trinajstić information content (AvgIpc) is 2.19. The first kappa shape index (κ1) is 8.77. The number of nitrogens with one attached hydrogen (secondary N) is 1. The van der Waals surface area contributed by atoms with E-state index < -0.39 is 5.66 Å². The highest BCUT2D eigenvalue weighted by molar-refractivity contribution is 5.61. The molecule has 0 radical (unpaired) electrons. The topological polar surface area (TPSA) is 76.4 Å². The highest BCUT2D eigenvalue weighted by atomic mass is 15.1. The van der Waals surface area contributed by atoms with E-state index in [1.807, 2.05) is 30.3 Å². The molecule has 72 valence electrons. The molecule has 0 spiro atoms. The molecule has 5 N–H and O–H groups in total. The lowest BCUT2D eigenvalue weighted by Gasteiger charge is -2.25. The smallest absolute Gasteiger partial charge is 0.158 e. The van der Waals surface area contributed by atoms with Crippen LogP contribution < -0.4 is 16.8 Å². The monoisotopic (exact) mass is 188 g/mol. The second-order valence-electron chi connectivity index (χ2n) is 3.19. The largest absolute Gasteiger partial charge is 0.385 e. The fourth-order valence-electron chi connectivity index (χ4n) is 1.39. The maximum atomic E-state index is 6.08. The lowest BCUT2D eigenvalue weighted by molar-refractivity contribution is 0.578. The van der Waals surface area contributed by atoms with E-state index in [1.54, 1.807) is 6.08 Å². The van der Waals surface area contributed by atoms with Crippen LogP contribution in [0.25, 0.3) is 0 Å². The van der Waals surface area contributed by atoms with Gasteiger partial charge in [0.1, 0.15) is 5.82 Å². The van der Waals surface area contributed by atoms with E-state index in [4.69, 9.17) is 11.5 Å². The van der Waals surface area contributed by atoms with Gasteiger partial charge in [-0.3, -0.25) is 5.73 Å². The zero-order chi connectivity index (χ0) is 10.0. The normalized spacial score (nSPS) is 25.4. The number of rotatable bonds is 1. The van der Waals surface area contributed by atoms with Crippen molar-refractivity contribution in [3.8, 4) is 0 Å². The van der Waals surface area contributed by atoms with Gasteiger partial charge in [0.15, 0.2) is 5.66 Å². The molecule has 0 saturated heterocycles. The fraction of sp³-hybridized carbons (Fsp3) is 0.100. The van der Waals surface area contributed by atoms with Crippen molar-refractivity contribution < 1.29 is 0 Å². The molecule has 0 aromatic heterocycles. The number of aliphatic imine (C=N–C) groups is 1. The summed E-state index contributed by atoms with van der Waals surface area (Å²) in [5, 5.41) is 2.77. The molecule has 1 atom stereocenters. The van der Waals surface area contributed by atoms with Crippen LogP contribution in [0.1, 0.15) is 5.56 Å². The zero-order valence-corrected chi connectivity index (χ0v) is 7.64. The molecule has 0 saturated carbocycles. The van der Waals surface area contributed by atoms with Crippen molar-refractivity contribution in [3.63, 3.8) is 0 Å². The Morgan fingerprint density at radius 3 is 2.57 bits per heavy atom. The zero-order valence-electron chi connectivity index (χ0n) is 7.64. The maximum Gasteiger partial charge on any atom is 0.158 e. The summed E-state index contributed by atoms with van der Waals surface area (Å²) >= 11 is 0. The molecule has 0 fully saturated rings. The SMILES string of the molecule is NC1=CC(N)(c2ccccc2)N=CN1. The number of nitrogens with two attached hydrogens (primary N) is 2. The minimum absolute atomic E-state index is 0.520. The highest BCUT2D eigenvalue weighted by Crippen LogP contribution is 2.22. The predicted octanol–water partition coefficient (Wildman–Crippen LogP) is 0.230. The van der Waals surface area contributed by atoms with Gasteiger partial charge in [-0.1, -0.05) is 30.3 Å². The Balaban J connectivity index is 2.42. The Morgan fingerprint density at radius 2 is 1.93 bits per heavy atom.